The van der Waals surface area contributed by atoms with Crippen molar-refractivity contribution in [2.45, 2.75) is 0 Å². The molecule has 0 aliphatic rings. The van der Waals surface area contributed by atoms with Gasteiger partial charge in [0.2, 0.25) is 0 Å². The van der Waals surface area contributed by atoms with Crippen LogP contribution in [0, 0.1) is 0 Å². The van der Waals surface area contributed by atoms with Crippen LogP contribution in [0.25, 0.3) is 0 Å². The minimum atomic E-state index is -0.446. The molecule has 0 atom stereocenters. The summed E-state index contributed by atoms with van der Waals surface area (Å²) in [5.74, 6) is 0. The van der Waals surface area contributed by atoms with E-state index in [9.17, 15) is 0 Å². The maximum absolute atomic E-state index is 2.23. The molecule has 6 aromatic rings. The fourth-order valence-electron chi connectivity index (χ4n) is 4.36. The molecule has 0 N–H and O–H groups in total. The second-order valence-corrected chi connectivity index (χ2v) is 13.1. The average Bonchev–Trinajstić information content (AvgIpc) is 3.01. The van der Waals surface area contributed by atoms with Gasteiger partial charge in [0.05, 0.1) is 0 Å². The summed E-state index contributed by atoms with van der Waals surface area (Å²) in [6.45, 7) is 0. The number of hydrogen-bond donors (Lipinski definition) is 0. The van der Waals surface area contributed by atoms with Crippen LogP contribution in [0.15, 0.2) is 182 Å². The van der Waals surface area contributed by atoms with Crippen LogP contribution in [-0.2, 0) is 22.4 Å². The predicted molar refractivity (Wildman–Crippen MR) is 170 cm³/mol. The first-order chi connectivity index (χ1) is 18.9. The van der Waals surface area contributed by atoms with Crippen LogP contribution >= 0.6 is 15.8 Å². The Bertz CT molecular complexity index is 1170. The SMILES string of the molecule is [Ag].c1ccc(P(c2ccccc2)c2ccccc2)cc1.c1ccc(P(c2ccccc2)c2ccccc2)cc1. The summed E-state index contributed by atoms with van der Waals surface area (Å²) < 4.78 is 0. The van der Waals surface area contributed by atoms with Crippen LogP contribution in [0.1, 0.15) is 0 Å². The molecule has 0 aromatic heterocycles. The van der Waals surface area contributed by atoms with E-state index in [1.165, 1.54) is 31.8 Å². The van der Waals surface area contributed by atoms with E-state index in [4.69, 9.17) is 0 Å². The molecule has 0 fully saturated rings. The zero-order valence-corrected chi connectivity index (χ0v) is 24.8. The van der Waals surface area contributed by atoms with Crippen LogP contribution in [-0.4, -0.2) is 0 Å². The van der Waals surface area contributed by atoms with E-state index >= 15 is 0 Å². The Morgan fingerprint density at radius 3 is 0.462 bits per heavy atom. The number of benzene rings is 6. The van der Waals surface area contributed by atoms with Crippen molar-refractivity contribution in [1.29, 1.82) is 0 Å². The third-order valence-corrected chi connectivity index (χ3v) is 11.0. The minimum absolute atomic E-state index is 0. The van der Waals surface area contributed by atoms with Gasteiger partial charge >= 0.3 is 0 Å². The Kier molecular flexibility index (Phi) is 11.5. The molecule has 0 bridgehead atoms. The van der Waals surface area contributed by atoms with Gasteiger partial charge in [-0.3, -0.25) is 0 Å². The van der Waals surface area contributed by atoms with Gasteiger partial charge in [0, 0.05) is 22.4 Å². The van der Waals surface area contributed by atoms with Crippen LogP contribution < -0.4 is 31.8 Å². The summed E-state index contributed by atoms with van der Waals surface area (Å²) in [7, 11) is -0.892. The summed E-state index contributed by atoms with van der Waals surface area (Å²) in [6, 6.07) is 64.7. The first-order valence-electron chi connectivity index (χ1n) is 12.8. The van der Waals surface area contributed by atoms with Crippen LogP contribution in [0.2, 0.25) is 0 Å². The normalized spacial score (nSPS) is 10.3. The van der Waals surface area contributed by atoms with E-state index < -0.39 is 15.8 Å². The van der Waals surface area contributed by atoms with Gasteiger partial charge in [-0.2, -0.15) is 0 Å². The first kappa shape index (κ1) is 28.9. The second-order valence-electron chi connectivity index (χ2n) is 8.68. The van der Waals surface area contributed by atoms with Gasteiger partial charge < -0.3 is 0 Å². The molecule has 6 aromatic carbocycles. The zero-order chi connectivity index (χ0) is 25.8. The molecular formula is C36H30AgP2. The topological polar surface area (TPSA) is 0 Å². The van der Waals surface area contributed by atoms with Crippen molar-refractivity contribution >= 4 is 47.7 Å². The molecule has 0 unspecified atom stereocenters. The zero-order valence-electron chi connectivity index (χ0n) is 21.5. The van der Waals surface area contributed by atoms with Crippen LogP contribution in [0.5, 0.6) is 0 Å². The fraction of sp³-hybridized carbons (Fsp3) is 0. The summed E-state index contributed by atoms with van der Waals surface area (Å²) in [5, 5.41) is 8.39. The summed E-state index contributed by atoms with van der Waals surface area (Å²) in [5.41, 5.74) is 0. The van der Waals surface area contributed by atoms with Crippen molar-refractivity contribution in [3.05, 3.63) is 182 Å². The molecule has 0 heterocycles. The van der Waals surface area contributed by atoms with Gasteiger partial charge in [0.15, 0.2) is 0 Å². The Labute approximate surface area is 250 Å². The number of hydrogen-bond acceptors (Lipinski definition) is 0. The van der Waals surface area contributed by atoms with Crippen molar-refractivity contribution < 1.29 is 22.4 Å². The van der Waals surface area contributed by atoms with E-state index in [1.54, 1.807) is 0 Å². The van der Waals surface area contributed by atoms with Gasteiger partial charge in [-0.25, -0.2) is 0 Å². The first-order valence-corrected chi connectivity index (χ1v) is 15.5. The van der Waals surface area contributed by atoms with Crippen molar-refractivity contribution in [3.8, 4) is 0 Å². The van der Waals surface area contributed by atoms with E-state index in [0.717, 1.165) is 0 Å². The van der Waals surface area contributed by atoms with Gasteiger partial charge in [-0.05, 0) is 47.7 Å². The molecule has 0 saturated heterocycles. The molecule has 1 radical (unpaired) electrons. The molecule has 0 spiro atoms. The molecule has 0 aliphatic carbocycles. The van der Waals surface area contributed by atoms with E-state index in [2.05, 4.69) is 182 Å². The van der Waals surface area contributed by atoms with Gasteiger partial charge in [0.1, 0.15) is 0 Å². The largest absolute Gasteiger partial charge is 0.0622 e. The molecule has 0 saturated carbocycles. The monoisotopic (exact) mass is 631 g/mol. The van der Waals surface area contributed by atoms with Gasteiger partial charge in [0.25, 0.3) is 0 Å². The minimum Gasteiger partial charge on any atom is -0.0622 e. The Morgan fingerprint density at radius 2 is 0.333 bits per heavy atom. The Morgan fingerprint density at radius 1 is 0.205 bits per heavy atom. The second kappa shape index (κ2) is 15.5. The molecule has 3 heteroatoms. The molecule has 6 rings (SSSR count). The number of rotatable bonds is 6. The van der Waals surface area contributed by atoms with Crippen molar-refractivity contribution in [3.63, 3.8) is 0 Å². The quantitative estimate of drug-likeness (QED) is 0.139. The predicted octanol–water partition coefficient (Wildman–Crippen LogP) is 6.89. The molecule has 0 aliphatic heterocycles. The Balaban J connectivity index is 0.000000176. The molecule has 195 valence electrons. The summed E-state index contributed by atoms with van der Waals surface area (Å²) in [6.07, 6.45) is 0. The standard InChI is InChI=1S/2C18H15P.Ag/c2*1-4-10-16(11-5-1)19(17-12-6-2-7-13-17)18-14-8-3-9-15-18;/h2*1-15H;. The molecule has 0 nitrogen and oxygen atoms in total. The average molecular weight is 632 g/mol. The fourth-order valence-corrected chi connectivity index (χ4v) is 8.97. The van der Waals surface area contributed by atoms with Crippen LogP contribution in [0.4, 0.5) is 0 Å². The van der Waals surface area contributed by atoms with E-state index in [-0.39, 0.29) is 22.4 Å². The molecule has 0 amide bonds. The van der Waals surface area contributed by atoms with Gasteiger partial charge in [-0.1, -0.05) is 182 Å². The molecule has 39 heavy (non-hydrogen) atoms. The van der Waals surface area contributed by atoms with Crippen molar-refractivity contribution in [2.75, 3.05) is 0 Å². The van der Waals surface area contributed by atoms with E-state index in [1.807, 2.05) is 0 Å². The third kappa shape index (κ3) is 7.97. The third-order valence-electron chi connectivity index (χ3n) is 6.09. The molecular weight excluding hydrogens is 602 g/mol. The summed E-state index contributed by atoms with van der Waals surface area (Å²) in [4.78, 5) is 0. The smallest absolute Gasteiger partial charge is 0 e. The van der Waals surface area contributed by atoms with Crippen molar-refractivity contribution in [1.82, 2.24) is 0 Å². The van der Waals surface area contributed by atoms with Crippen LogP contribution in [0.3, 0.4) is 0 Å². The van der Waals surface area contributed by atoms with Gasteiger partial charge in [-0.15, -0.1) is 0 Å². The maximum atomic E-state index is 2.23. The van der Waals surface area contributed by atoms with E-state index in [0.29, 0.717) is 0 Å². The summed E-state index contributed by atoms with van der Waals surface area (Å²) >= 11 is 0. The maximum Gasteiger partial charge on any atom is 0 e. The van der Waals surface area contributed by atoms with Crippen molar-refractivity contribution in [2.24, 2.45) is 0 Å². The Hall–Kier alpha value is -3.08.